The number of Topliss-reactive ketones (excluding diaryl/α,β-unsaturated/α-hetero) is 1. The molecule has 2 heterocycles. The zero-order valence-electron chi connectivity index (χ0n) is 12.2. The Bertz CT molecular complexity index is 859. The van der Waals surface area contributed by atoms with Crippen molar-refractivity contribution in [3.8, 4) is 23.2 Å². The molecule has 114 valence electrons. The van der Waals surface area contributed by atoms with E-state index in [0.717, 1.165) is 12.8 Å². The molecule has 1 aromatic carbocycles. The van der Waals surface area contributed by atoms with Crippen LogP contribution < -0.4 is 4.74 Å². The van der Waals surface area contributed by atoms with Gasteiger partial charge >= 0.3 is 6.01 Å². The highest BCUT2D eigenvalue weighted by molar-refractivity contribution is 5.96. The standard InChI is InChI=1S/C17H13N3O3/c21-12-6-3-8-14-15(12)20-16(22-14)11-5-1-2-7-13(11)23-17-18-9-4-10-19-17/h1-2,4-5,7,9-10H,3,6,8H2. The van der Waals surface area contributed by atoms with E-state index in [4.69, 9.17) is 9.15 Å². The van der Waals surface area contributed by atoms with Crippen LogP contribution in [0.3, 0.4) is 0 Å². The molecule has 0 amide bonds. The van der Waals surface area contributed by atoms with E-state index in [1.807, 2.05) is 18.2 Å². The van der Waals surface area contributed by atoms with Gasteiger partial charge in [-0.25, -0.2) is 15.0 Å². The van der Waals surface area contributed by atoms with Gasteiger partial charge in [-0.3, -0.25) is 4.79 Å². The van der Waals surface area contributed by atoms with Crippen molar-refractivity contribution in [1.82, 2.24) is 15.0 Å². The van der Waals surface area contributed by atoms with E-state index in [1.165, 1.54) is 0 Å². The van der Waals surface area contributed by atoms with Gasteiger partial charge in [-0.15, -0.1) is 0 Å². The number of ketones is 1. The first-order chi connectivity index (χ1) is 11.3. The van der Waals surface area contributed by atoms with Crippen molar-refractivity contribution in [3.63, 3.8) is 0 Å². The number of ether oxygens (including phenoxy) is 1. The fourth-order valence-electron chi connectivity index (χ4n) is 2.55. The summed E-state index contributed by atoms with van der Waals surface area (Å²) in [5.41, 5.74) is 1.11. The van der Waals surface area contributed by atoms with Crippen LogP contribution >= 0.6 is 0 Å². The van der Waals surface area contributed by atoms with Crippen molar-refractivity contribution in [2.45, 2.75) is 19.3 Å². The summed E-state index contributed by atoms with van der Waals surface area (Å²) in [7, 11) is 0. The summed E-state index contributed by atoms with van der Waals surface area (Å²) in [5.74, 6) is 1.61. The quantitative estimate of drug-likeness (QED) is 0.737. The van der Waals surface area contributed by atoms with Crippen LogP contribution in [-0.4, -0.2) is 20.7 Å². The van der Waals surface area contributed by atoms with Gasteiger partial charge in [-0.2, -0.15) is 0 Å². The fraction of sp³-hybridized carbons (Fsp3) is 0.176. The molecule has 0 aliphatic heterocycles. The van der Waals surface area contributed by atoms with E-state index in [9.17, 15) is 4.79 Å². The zero-order chi connectivity index (χ0) is 15.6. The molecule has 0 N–H and O–H groups in total. The number of nitrogens with zero attached hydrogens (tertiary/aromatic N) is 3. The summed E-state index contributed by atoms with van der Waals surface area (Å²) in [6.45, 7) is 0. The fourth-order valence-corrected chi connectivity index (χ4v) is 2.55. The van der Waals surface area contributed by atoms with E-state index in [1.54, 1.807) is 24.5 Å². The first kappa shape index (κ1) is 13.6. The number of carbonyl (C=O) groups is 1. The summed E-state index contributed by atoms with van der Waals surface area (Å²) in [4.78, 5) is 24.4. The van der Waals surface area contributed by atoms with E-state index in [0.29, 0.717) is 35.1 Å². The van der Waals surface area contributed by atoms with Gasteiger partial charge < -0.3 is 9.15 Å². The molecule has 0 atom stereocenters. The van der Waals surface area contributed by atoms with Crippen LogP contribution in [0, 0.1) is 0 Å². The van der Waals surface area contributed by atoms with E-state index < -0.39 is 0 Å². The third-order valence-electron chi connectivity index (χ3n) is 3.63. The molecule has 23 heavy (non-hydrogen) atoms. The molecular weight excluding hydrogens is 294 g/mol. The highest BCUT2D eigenvalue weighted by Gasteiger charge is 2.25. The van der Waals surface area contributed by atoms with Crippen LogP contribution in [0.5, 0.6) is 11.8 Å². The second-order valence-corrected chi connectivity index (χ2v) is 5.20. The largest absolute Gasteiger partial charge is 0.440 e. The summed E-state index contributed by atoms with van der Waals surface area (Å²) in [6.07, 6.45) is 5.27. The van der Waals surface area contributed by atoms with Gasteiger partial charge in [0.25, 0.3) is 0 Å². The summed E-state index contributed by atoms with van der Waals surface area (Å²) < 4.78 is 11.5. The predicted molar refractivity (Wildman–Crippen MR) is 81.3 cm³/mol. The molecule has 6 heteroatoms. The highest BCUT2D eigenvalue weighted by Crippen LogP contribution is 2.34. The Labute approximate surface area is 132 Å². The van der Waals surface area contributed by atoms with Crippen LogP contribution in [0.1, 0.15) is 29.1 Å². The smallest absolute Gasteiger partial charge is 0.321 e. The predicted octanol–water partition coefficient (Wildman–Crippen LogP) is 3.44. The van der Waals surface area contributed by atoms with E-state index in [-0.39, 0.29) is 11.8 Å². The molecule has 1 aliphatic rings. The first-order valence-electron chi connectivity index (χ1n) is 7.38. The average Bonchev–Trinajstić information content (AvgIpc) is 3.02. The molecule has 1 aliphatic carbocycles. The van der Waals surface area contributed by atoms with Crippen LogP contribution in [0.4, 0.5) is 0 Å². The minimum Gasteiger partial charge on any atom is -0.440 e. The highest BCUT2D eigenvalue weighted by atomic mass is 16.5. The van der Waals surface area contributed by atoms with Crippen LogP contribution in [0.15, 0.2) is 47.1 Å². The lowest BCUT2D eigenvalue weighted by Gasteiger charge is -2.06. The van der Waals surface area contributed by atoms with Crippen molar-refractivity contribution in [3.05, 3.63) is 54.2 Å². The number of rotatable bonds is 3. The lowest BCUT2D eigenvalue weighted by Crippen LogP contribution is -2.09. The number of hydrogen-bond acceptors (Lipinski definition) is 6. The van der Waals surface area contributed by atoms with Gasteiger partial charge in [0.2, 0.25) is 5.89 Å². The number of hydrogen-bond donors (Lipinski definition) is 0. The van der Waals surface area contributed by atoms with Crippen LogP contribution in [0.25, 0.3) is 11.5 Å². The molecule has 0 fully saturated rings. The van der Waals surface area contributed by atoms with E-state index in [2.05, 4.69) is 15.0 Å². The normalized spacial score (nSPS) is 13.7. The number of para-hydroxylation sites is 1. The number of fused-ring (bicyclic) bond motifs is 1. The third kappa shape index (κ3) is 2.59. The molecule has 6 nitrogen and oxygen atoms in total. The number of carbonyl (C=O) groups excluding carboxylic acids is 1. The van der Waals surface area contributed by atoms with Gasteiger partial charge in [0.05, 0.1) is 5.56 Å². The van der Waals surface area contributed by atoms with Gasteiger partial charge in [-0.05, 0) is 24.6 Å². The maximum atomic E-state index is 11.9. The van der Waals surface area contributed by atoms with Gasteiger partial charge in [0.15, 0.2) is 5.78 Å². The number of oxazole rings is 1. The van der Waals surface area contributed by atoms with E-state index >= 15 is 0 Å². The second-order valence-electron chi connectivity index (χ2n) is 5.20. The Hall–Kier alpha value is -3.02. The van der Waals surface area contributed by atoms with Gasteiger partial charge in [-0.1, -0.05) is 12.1 Å². The number of aryl methyl sites for hydroxylation is 1. The Kier molecular flexibility index (Phi) is 3.34. The summed E-state index contributed by atoms with van der Waals surface area (Å²) >= 11 is 0. The number of benzene rings is 1. The molecule has 3 aromatic rings. The molecule has 4 rings (SSSR count). The maximum absolute atomic E-state index is 11.9. The Morgan fingerprint density at radius 3 is 2.70 bits per heavy atom. The Morgan fingerprint density at radius 1 is 1.04 bits per heavy atom. The monoisotopic (exact) mass is 307 g/mol. The zero-order valence-corrected chi connectivity index (χ0v) is 12.2. The molecule has 0 spiro atoms. The lowest BCUT2D eigenvalue weighted by atomic mass is 10.0. The number of aromatic nitrogens is 3. The summed E-state index contributed by atoms with van der Waals surface area (Å²) in [6, 6.07) is 9.28. The second kappa shape index (κ2) is 5.64. The van der Waals surface area contributed by atoms with Crippen LogP contribution in [-0.2, 0) is 6.42 Å². The van der Waals surface area contributed by atoms with Crippen molar-refractivity contribution in [1.29, 1.82) is 0 Å². The topological polar surface area (TPSA) is 78.1 Å². The van der Waals surface area contributed by atoms with Crippen molar-refractivity contribution < 1.29 is 13.9 Å². The molecular formula is C17H13N3O3. The molecule has 0 saturated carbocycles. The first-order valence-corrected chi connectivity index (χ1v) is 7.38. The van der Waals surface area contributed by atoms with Gasteiger partial charge in [0.1, 0.15) is 17.2 Å². The van der Waals surface area contributed by atoms with Gasteiger partial charge in [0, 0.05) is 25.2 Å². The third-order valence-corrected chi connectivity index (χ3v) is 3.63. The van der Waals surface area contributed by atoms with Crippen molar-refractivity contribution >= 4 is 5.78 Å². The molecule has 0 saturated heterocycles. The molecule has 2 aromatic heterocycles. The molecule has 0 radical (unpaired) electrons. The minimum absolute atomic E-state index is 0.0334. The van der Waals surface area contributed by atoms with Crippen LogP contribution in [0.2, 0.25) is 0 Å². The average molecular weight is 307 g/mol. The van der Waals surface area contributed by atoms with Crippen molar-refractivity contribution in [2.24, 2.45) is 0 Å². The Morgan fingerprint density at radius 2 is 1.87 bits per heavy atom. The van der Waals surface area contributed by atoms with Crippen molar-refractivity contribution in [2.75, 3.05) is 0 Å². The molecule has 0 bridgehead atoms. The maximum Gasteiger partial charge on any atom is 0.321 e. The summed E-state index contributed by atoms with van der Waals surface area (Å²) in [5, 5.41) is 0. The lowest BCUT2D eigenvalue weighted by molar-refractivity contribution is 0.0965. The molecule has 0 unspecified atom stereocenters. The Balaban J connectivity index is 1.74. The SMILES string of the molecule is O=C1CCCc2oc(-c3ccccc3Oc3ncccn3)nc21. The minimum atomic E-state index is 0.0334.